The molecule has 0 amide bonds. The lowest BCUT2D eigenvalue weighted by Gasteiger charge is -2.46. The van der Waals surface area contributed by atoms with Gasteiger partial charge in [0.05, 0.1) is 56.2 Å². The Morgan fingerprint density at radius 2 is 0.725 bits per heavy atom. The topological polar surface area (TPSA) is 80.3 Å². The van der Waals surface area contributed by atoms with Gasteiger partial charge in [0.1, 0.15) is 11.2 Å². The first kappa shape index (κ1) is 49.1. The molecular weight excluding hydrogens is 1010 g/mol. The summed E-state index contributed by atoms with van der Waals surface area (Å²) in [5.41, 5.74) is 18.6. The monoisotopic (exact) mass is 1070 g/mol. The van der Waals surface area contributed by atoms with E-state index >= 15 is 0 Å². The number of nitrogens with zero attached hydrogens (tertiary/aromatic N) is 4. The van der Waals surface area contributed by atoms with Crippen LogP contribution >= 0.6 is 0 Å². The molecule has 12 aromatic rings. The number of furan rings is 2. The Kier molecular flexibility index (Phi) is 10.8. The molecule has 0 N–H and O–H groups in total. The van der Waals surface area contributed by atoms with Crippen molar-refractivity contribution in [3.8, 4) is 23.3 Å². The molecule has 2 aliphatic rings. The summed E-state index contributed by atoms with van der Waals surface area (Å²) in [6.07, 6.45) is 0. The second kappa shape index (κ2) is 17.7. The molecule has 8 heteroatoms. The van der Waals surface area contributed by atoms with E-state index in [0.29, 0.717) is 11.1 Å². The molecule has 0 saturated carbocycles. The summed E-state index contributed by atoms with van der Waals surface area (Å²) >= 11 is 0. The maximum absolute atomic E-state index is 10.4. The highest BCUT2D eigenvalue weighted by Gasteiger charge is 2.53. The Morgan fingerprint density at radius 1 is 0.362 bits per heavy atom. The van der Waals surface area contributed by atoms with Crippen LogP contribution in [0.4, 0.5) is 34.1 Å². The normalized spacial score (nSPS) is 13.9. The van der Waals surface area contributed by atoms with Gasteiger partial charge >= 0.3 is 0 Å². The first-order chi connectivity index (χ1) is 38.6. The molecule has 0 radical (unpaired) electrons. The van der Waals surface area contributed by atoms with Gasteiger partial charge in [-0.2, -0.15) is 10.5 Å². The molecule has 0 saturated heterocycles. The quantitative estimate of drug-likeness (QED) is 0.141. The van der Waals surface area contributed by atoms with Gasteiger partial charge in [-0.3, -0.25) is 0 Å². The molecule has 14 rings (SSSR count). The Morgan fingerprint density at radius 3 is 1.12 bits per heavy atom. The Labute approximate surface area is 469 Å². The molecule has 0 fully saturated rings. The third-order valence-corrected chi connectivity index (χ3v) is 21.2. The molecule has 0 bridgehead atoms. The smallest absolute Gasteiger partial charge is 0.159 e. The predicted octanol–water partition coefficient (Wildman–Crippen LogP) is 18.3. The molecule has 10 aromatic carbocycles. The van der Waals surface area contributed by atoms with E-state index in [1.165, 1.54) is 43.8 Å². The van der Waals surface area contributed by atoms with Gasteiger partial charge < -0.3 is 18.6 Å². The molecule has 1 spiro atoms. The zero-order chi connectivity index (χ0) is 55.0. The largest absolute Gasteiger partial charge is 0.454 e. The fraction of sp³-hybridized carbons (Fsp3) is 0.139. The maximum atomic E-state index is 10.4. The van der Waals surface area contributed by atoms with Gasteiger partial charge in [0.15, 0.2) is 11.2 Å². The van der Waals surface area contributed by atoms with E-state index < -0.39 is 21.6 Å². The summed E-state index contributed by atoms with van der Waals surface area (Å²) in [4.78, 5) is 4.55. The molecule has 2 aromatic heterocycles. The standard InChI is InChI=1S/C72H58N4O2Si2/c1-71(2)59-27-9-11-29-61(59)72(62-30-12-10-28-60(62)71)57-37-35-49(75(47-21-13-19-45(39-47)43-73)63-31-15-23-51-53-25-17-33-65(79(3,4)5)69(53)77-67(51)63)41-55(57)56-42-50(36-38-58(56)72)76(48-22-14-20-46(40-48)44-74)64-32-16-24-52-54-26-18-34-66(80(6,7)8)70(54)78-68(52)64/h9-42H,1-8H3. The summed E-state index contributed by atoms with van der Waals surface area (Å²) in [7, 11) is -3.65. The van der Waals surface area contributed by atoms with Crippen molar-refractivity contribution in [1.82, 2.24) is 0 Å². The summed E-state index contributed by atoms with van der Waals surface area (Å²) in [6.45, 7) is 18.9. The van der Waals surface area contributed by atoms with Crippen molar-refractivity contribution >= 4 is 105 Å². The molecule has 0 atom stereocenters. The second-order valence-corrected chi connectivity index (χ2v) is 34.4. The van der Waals surface area contributed by atoms with Crippen molar-refractivity contribution in [3.05, 3.63) is 251 Å². The van der Waals surface area contributed by atoms with Crippen LogP contribution in [0.3, 0.4) is 0 Å². The van der Waals surface area contributed by atoms with E-state index in [9.17, 15) is 10.5 Å². The van der Waals surface area contributed by atoms with Crippen molar-refractivity contribution in [2.24, 2.45) is 0 Å². The average molecular weight is 1070 g/mol. The van der Waals surface area contributed by atoms with E-state index in [4.69, 9.17) is 8.83 Å². The molecular formula is C72H58N4O2Si2. The van der Waals surface area contributed by atoms with E-state index in [-0.39, 0.29) is 5.41 Å². The minimum Gasteiger partial charge on any atom is -0.454 e. The van der Waals surface area contributed by atoms with Crippen LogP contribution < -0.4 is 20.2 Å². The number of anilines is 6. The number of para-hydroxylation sites is 4. The number of benzene rings is 10. The van der Waals surface area contributed by atoms with Crippen molar-refractivity contribution in [2.45, 2.75) is 64.0 Å². The Balaban J connectivity index is 1.07. The fourth-order valence-electron chi connectivity index (χ4n) is 13.6. The van der Waals surface area contributed by atoms with Crippen LogP contribution in [-0.2, 0) is 10.8 Å². The molecule has 0 unspecified atom stereocenters. The average Bonchev–Trinajstić information content (AvgIpc) is 4.30. The number of fused-ring (bicyclic) bond motifs is 15. The van der Waals surface area contributed by atoms with Crippen molar-refractivity contribution in [3.63, 3.8) is 0 Å². The minimum atomic E-state index is -1.83. The zero-order valence-corrected chi connectivity index (χ0v) is 48.2. The molecule has 6 nitrogen and oxygen atoms in total. The fourth-order valence-corrected chi connectivity index (χ4v) is 16.5. The van der Waals surface area contributed by atoms with Gasteiger partial charge in [0.25, 0.3) is 0 Å². The number of nitriles is 2. The van der Waals surface area contributed by atoms with Crippen molar-refractivity contribution in [2.75, 3.05) is 9.80 Å². The lowest BCUT2D eigenvalue weighted by molar-refractivity contribution is 0.563. The van der Waals surface area contributed by atoms with E-state index in [0.717, 1.165) is 89.1 Å². The zero-order valence-electron chi connectivity index (χ0n) is 46.2. The van der Waals surface area contributed by atoms with Crippen molar-refractivity contribution in [1.29, 1.82) is 10.5 Å². The van der Waals surface area contributed by atoms with Crippen LogP contribution in [0.25, 0.3) is 55.0 Å². The maximum Gasteiger partial charge on any atom is 0.159 e. The molecule has 0 aliphatic heterocycles. The minimum absolute atomic E-state index is 0.284. The summed E-state index contributed by atoms with van der Waals surface area (Å²) in [5.74, 6) is 0. The highest BCUT2D eigenvalue weighted by atomic mass is 28.3. The van der Waals surface area contributed by atoms with Gasteiger partial charge in [0, 0.05) is 49.7 Å². The van der Waals surface area contributed by atoms with Crippen LogP contribution in [0, 0.1) is 22.7 Å². The predicted molar refractivity (Wildman–Crippen MR) is 335 cm³/mol. The lowest BCUT2D eigenvalue weighted by atomic mass is 9.55. The first-order valence-corrected chi connectivity index (χ1v) is 34.6. The van der Waals surface area contributed by atoms with E-state index in [1.807, 2.05) is 36.4 Å². The highest BCUT2D eigenvalue weighted by molar-refractivity contribution is 6.90. The van der Waals surface area contributed by atoms with Gasteiger partial charge in [-0.05, 0) is 128 Å². The third-order valence-electron chi connectivity index (χ3n) is 17.2. The third kappa shape index (κ3) is 7.12. The van der Waals surface area contributed by atoms with Gasteiger partial charge in [-0.1, -0.05) is 187 Å². The van der Waals surface area contributed by atoms with Gasteiger partial charge in [0.2, 0.25) is 0 Å². The van der Waals surface area contributed by atoms with Crippen molar-refractivity contribution < 1.29 is 8.83 Å². The molecule has 2 heterocycles. The molecule has 80 heavy (non-hydrogen) atoms. The number of hydrogen-bond donors (Lipinski definition) is 0. The molecule has 2 aliphatic carbocycles. The molecule has 386 valence electrons. The van der Waals surface area contributed by atoms with Crippen LogP contribution in [0.5, 0.6) is 0 Å². The Hall–Kier alpha value is -9.19. The van der Waals surface area contributed by atoms with E-state index in [1.54, 1.807) is 0 Å². The summed E-state index contributed by atoms with van der Waals surface area (Å²) in [6, 6.07) is 78.8. The van der Waals surface area contributed by atoms with E-state index in [2.05, 4.69) is 245 Å². The highest BCUT2D eigenvalue weighted by Crippen LogP contribution is 2.63. The SMILES string of the molecule is CC1(C)c2ccccc2C2(c3ccc(N(c4cccc(C#N)c4)c4cccc5c4oc4c([Si](C)(C)C)cccc45)cc3-c3cc(N(c4cccc(C#N)c4)c4cccc5c4oc4c([Si](C)(C)C)cccc45)ccc32)c2ccccc21. The van der Waals surface area contributed by atoms with Gasteiger partial charge in [-0.15, -0.1) is 0 Å². The summed E-state index contributed by atoms with van der Waals surface area (Å²) < 4.78 is 14.3. The summed E-state index contributed by atoms with van der Waals surface area (Å²) in [5, 5.41) is 27.7. The first-order valence-electron chi connectivity index (χ1n) is 27.6. The Bertz CT molecular complexity index is 4370. The number of hydrogen-bond acceptors (Lipinski definition) is 6. The lowest BCUT2D eigenvalue weighted by Crippen LogP contribution is -2.40. The second-order valence-electron chi connectivity index (χ2n) is 24.3. The number of rotatable bonds is 8. The van der Waals surface area contributed by atoms with Gasteiger partial charge in [-0.25, -0.2) is 0 Å². The van der Waals surface area contributed by atoms with Crippen LogP contribution in [0.2, 0.25) is 39.3 Å². The van der Waals surface area contributed by atoms with Crippen LogP contribution in [-0.4, -0.2) is 16.1 Å². The van der Waals surface area contributed by atoms with Crippen LogP contribution in [0.15, 0.2) is 215 Å². The van der Waals surface area contributed by atoms with Crippen LogP contribution in [0.1, 0.15) is 58.4 Å².